The van der Waals surface area contributed by atoms with Crippen LogP contribution in [0.2, 0.25) is 0 Å². The van der Waals surface area contributed by atoms with Crippen LogP contribution in [0.15, 0.2) is 71.1 Å². The molecule has 40 heavy (non-hydrogen) atoms. The summed E-state index contributed by atoms with van der Waals surface area (Å²) in [6.07, 6.45) is 0.374. The summed E-state index contributed by atoms with van der Waals surface area (Å²) in [5.74, 6) is -1.44. The number of amides is 2. The van der Waals surface area contributed by atoms with E-state index in [1.54, 1.807) is 12.1 Å². The van der Waals surface area contributed by atoms with Gasteiger partial charge in [0.05, 0.1) is 34.8 Å². The molecule has 2 amide bonds. The Balaban J connectivity index is 1.42. The summed E-state index contributed by atoms with van der Waals surface area (Å²) in [4.78, 5) is 42.7. The highest BCUT2D eigenvalue weighted by Crippen LogP contribution is 2.35. The smallest absolute Gasteiger partial charge is 0.269 e. The first-order valence-corrected chi connectivity index (χ1v) is 13.8. The summed E-state index contributed by atoms with van der Waals surface area (Å²) < 4.78 is 19.4. The summed E-state index contributed by atoms with van der Waals surface area (Å²) in [6.45, 7) is 3.10. The Labute approximate surface area is 234 Å². The lowest BCUT2D eigenvalue weighted by atomic mass is 10.0. The standard InChI is InChI=1S/C28H28FN5O5S/c29-22-6-1-5-21(16-22)28(36)32(10-9-31-11-13-39-14-12-31)19-27(35)33-25(18-24(30-33)26-8-3-15-40-26)20-4-2-7-23(17-20)34(37)38/h1-8,15-17,25H,9-14,18-19H2. The van der Waals surface area contributed by atoms with Crippen LogP contribution in [0.5, 0.6) is 0 Å². The van der Waals surface area contributed by atoms with E-state index in [2.05, 4.69) is 10.0 Å². The number of nitrogens with zero attached hydrogens (tertiary/aromatic N) is 5. The monoisotopic (exact) mass is 565 g/mol. The molecule has 1 atom stereocenters. The molecule has 2 aliphatic rings. The second kappa shape index (κ2) is 12.5. The fourth-order valence-electron chi connectivity index (χ4n) is 4.82. The molecule has 5 rings (SSSR count). The van der Waals surface area contributed by atoms with E-state index in [9.17, 15) is 24.1 Å². The molecule has 0 N–H and O–H groups in total. The largest absolute Gasteiger partial charge is 0.379 e. The summed E-state index contributed by atoms with van der Waals surface area (Å²) in [6, 6.07) is 14.8. The van der Waals surface area contributed by atoms with Crippen molar-refractivity contribution >= 4 is 34.6 Å². The van der Waals surface area contributed by atoms with E-state index in [1.165, 1.54) is 51.6 Å². The third-order valence-corrected chi connectivity index (χ3v) is 7.83. The third kappa shape index (κ3) is 6.41. The molecule has 0 spiro atoms. The first kappa shape index (κ1) is 27.6. The number of thiophene rings is 1. The number of hydrogen-bond donors (Lipinski definition) is 0. The molecular weight excluding hydrogens is 537 g/mol. The van der Waals surface area contributed by atoms with Crippen molar-refractivity contribution in [3.8, 4) is 0 Å². The minimum absolute atomic E-state index is 0.0807. The van der Waals surface area contributed by atoms with Gasteiger partial charge in [0.2, 0.25) is 0 Å². The molecular formula is C28H28FN5O5S. The number of non-ortho nitro benzene ring substituents is 1. The predicted molar refractivity (Wildman–Crippen MR) is 148 cm³/mol. The Morgan fingerprint density at radius 1 is 1.12 bits per heavy atom. The van der Waals surface area contributed by atoms with E-state index in [0.29, 0.717) is 50.5 Å². The molecule has 208 valence electrons. The average Bonchev–Trinajstić information content (AvgIpc) is 3.66. The van der Waals surface area contributed by atoms with Gasteiger partial charge in [-0.05, 0) is 35.2 Å². The van der Waals surface area contributed by atoms with Crippen LogP contribution < -0.4 is 0 Å². The van der Waals surface area contributed by atoms with Gasteiger partial charge in [-0.15, -0.1) is 11.3 Å². The van der Waals surface area contributed by atoms with E-state index in [0.717, 1.165) is 10.9 Å². The van der Waals surface area contributed by atoms with E-state index in [-0.39, 0.29) is 24.3 Å². The molecule has 1 unspecified atom stereocenters. The van der Waals surface area contributed by atoms with Gasteiger partial charge in [-0.2, -0.15) is 5.10 Å². The minimum Gasteiger partial charge on any atom is -0.379 e. The fraction of sp³-hybridized carbons (Fsp3) is 0.321. The molecule has 3 heterocycles. The number of halogens is 1. The quantitative estimate of drug-likeness (QED) is 0.287. The van der Waals surface area contributed by atoms with Crippen molar-refractivity contribution in [1.82, 2.24) is 14.8 Å². The Bertz CT molecular complexity index is 1410. The summed E-state index contributed by atoms with van der Waals surface area (Å²) in [5, 5.41) is 19.3. The number of hydrogen-bond acceptors (Lipinski definition) is 8. The van der Waals surface area contributed by atoms with Crippen LogP contribution in [-0.2, 0) is 9.53 Å². The van der Waals surface area contributed by atoms with Crippen molar-refractivity contribution in [3.05, 3.63) is 98.0 Å². The first-order chi connectivity index (χ1) is 19.4. The molecule has 1 aromatic heterocycles. The first-order valence-electron chi connectivity index (χ1n) is 12.9. The number of hydrazone groups is 1. The van der Waals surface area contributed by atoms with E-state index < -0.39 is 28.6 Å². The number of morpholine rings is 1. The van der Waals surface area contributed by atoms with Gasteiger partial charge in [-0.1, -0.05) is 24.3 Å². The number of ether oxygens (including phenoxy) is 1. The van der Waals surface area contributed by atoms with Crippen molar-refractivity contribution in [2.24, 2.45) is 5.10 Å². The molecule has 12 heteroatoms. The molecule has 10 nitrogen and oxygen atoms in total. The van der Waals surface area contributed by atoms with Crippen molar-refractivity contribution in [1.29, 1.82) is 0 Å². The molecule has 2 aromatic carbocycles. The maximum absolute atomic E-state index is 13.9. The Morgan fingerprint density at radius 3 is 2.65 bits per heavy atom. The van der Waals surface area contributed by atoms with Gasteiger partial charge in [-0.25, -0.2) is 9.40 Å². The predicted octanol–water partition coefficient (Wildman–Crippen LogP) is 3.95. The topological polar surface area (TPSA) is 109 Å². The highest BCUT2D eigenvalue weighted by Gasteiger charge is 2.35. The second-order valence-electron chi connectivity index (χ2n) is 9.53. The van der Waals surface area contributed by atoms with Crippen LogP contribution >= 0.6 is 11.3 Å². The van der Waals surface area contributed by atoms with Gasteiger partial charge in [-0.3, -0.25) is 24.6 Å². The van der Waals surface area contributed by atoms with Gasteiger partial charge >= 0.3 is 0 Å². The third-order valence-electron chi connectivity index (χ3n) is 6.91. The maximum Gasteiger partial charge on any atom is 0.269 e. The number of nitro benzene ring substituents is 1. The van der Waals surface area contributed by atoms with Crippen LogP contribution in [0.25, 0.3) is 0 Å². The Hall–Kier alpha value is -4.00. The molecule has 0 aliphatic carbocycles. The zero-order valence-corrected chi connectivity index (χ0v) is 22.5. The van der Waals surface area contributed by atoms with Crippen LogP contribution in [0, 0.1) is 15.9 Å². The second-order valence-corrected chi connectivity index (χ2v) is 10.5. The average molecular weight is 566 g/mol. The fourth-order valence-corrected chi connectivity index (χ4v) is 5.54. The highest BCUT2D eigenvalue weighted by atomic mass is 32.1. The number of rotatable bonds is 9. The Kier molecular flexibility index (Phi) is 8.58. The van der Waals surface area contributed by atoms with Crippen molar-refractivity contribution in [2.45, 2.75) is 12.5 Å². The van der Waals surface area contributed by atoms with Crippen molar-refractivity contribution in [2.75, 3.05) is 45.9 Å². The van der Waals surface area contributed by atoms with Crippen molar-refractivity contribution < 1.29 is 23.6 Å². The van der Waals surface area contributed by atoms with Crippen molar-refractivity contribution in [3.63, 3.8) is 0 Å². The van der Waals surface area contributed by atoms with Crippen LogP contribution in [0.3, 0.4) is 0 Å². The van der Waals surface area contributed by atoms with E-state index in [4.69, 9.17) is 4.74 Å². The lowest BCUT2D eigenvalue weighted by Gasteiger charge is -2.31. The van der Waals surface area contributed by atoms with Gasteiger partial charge in [0.15, 0.2) is 0 Å². The lowest BCUT2D eigenvalue weighted by Crippen LogP contribution is -2.46. The normalized spacial score (nSPS) is 17.5. The summed E-state index contributed by atoms with van der Waals surface area (Å²) in [7, 11) is 0. The SMILES string of the molecule is O=C(c1cccc(F)c1)N(CCN1CCOCC1)CC(=O)N1N=C(c2cccs2)CC1c1cccc([N+](=O)[O-])c1. The molecule has 3 aromatic rings. The number of carbonyl (C=O) groups is 2. The molecule has 0 bridgehead atoms. The van der Waals surface area contributed by atoms with Gasteiger partial charge < -0.3 is 9.64 Å². The van der Waals surface area contributed by atoms with Gasteiger partial charge in [0.25, 0.3) is 17.5 Å². The molecule has 0 saturated carbocycles. The lowest BCUT2D eigenvalue weighted by molar-refractivity contribution is -0.385. The number of benzene rings is 2. The number of carbonyl (C=O) groups excluding carboxylic acids is 2. The van der Waals surface area contributed by atoms with E-state index in [1.807, 2.05) is 17.5 Å². The highest BCUT2D eigenvalue weighted by molar-refractivity contribution is 7.12. The summed E-state index contributed by atoms with van der Waals surface area (Å²) >= 11 is 1.49. The van der Waals surface area contributed by atoms with Gasteiger partial charge in [0.1, 0.15) is 12.4 Å². The summed E-state index contributed by atoms with van der Waals surface area (Å²) in [5.41, 5.74) is 1.34. The zero-order valence-electron chi connectivity index (χ0n) is 21.6. The minimum atomic E-state index is -0.574. The van der Waals surface area contributed by atoms with Gasteiger partial charge in [0, 0.05) is 50.3 Å². The number of nitro groups is 1. The van der Waals surface area contributed by atoms with Crippen LogP contribution in [-0.4, -0.2) is 83.2 Å². The Morgan fingerprint density at radius 2 is 1.93 bits per heavy atom. The molecule has 2 aliphatic heterocycles. The molecule has 1 saturated heterocycles. The molecule has 1 fully saturated rings. The zero-order chi connectivity index (χ0) is 28.1. The van der Waals surface area contributed by atoms with E-state index >= 15 is 0 Å². The van der Waals surface area contributed by atoms with Crippen LogP contribution in [0.1, 0.15) is 33.3 Å². The maximum atomic E-state index is 13.9. The molecule has 0 radical (unpaired) electrons. The van der Waals surface area contributed by atoms with Crippen LogP contribution in [0.4, 0.5) is 10.1 Å².